The summed E-state index contributed by atoms with van der Waals surface area (Å²) in [5.74, 6) is 5.58. The van der Waals surface area contributed by atoms with Gasteiger partial charge in [0.05, 0.1) is 12.7 Å². The fraction of sp³-hybridized carbons (Fsp3) is 0.800. The highest BCUT2D eigenvalue weighted by Crippen LogP contribution is 2.69. The minimum absolute atomic E-state index is 0.0599. The monoisotopic (exact) mass is 300 g/mol. The molecule has 0 aromatic heterocycles. The van der Waals surface area contributed by atoms with Crippen LogP contribution in [0.4, 0.5) is 9.18 Å². The van der Waals surface area contributed by atoms with Crippen LogP contribution in [-0.2, 0) is 9.47 Å². The maximum Gasteiger partial charge on any atom is 0.428 e. The number of nitrogens with two attached hydrogens (primary N) is 1. The zero-order chi connectivity index (χ0) is 15.9. The van der Waals surface area contributed by atoms with Crippen molar-refractivity contribution in [3.8, 4) is 0 Å². The van der Waals surface area contributed by atoms with E-state index in [9.17, 15) is 9.18 Å². The highest BCUT2D eigenvalue weighted by atomic mass is 19.1. The Bertz CT molecular complexity index is 425. The molecular formula is C15H25FN2O3. The van der Waals surface area contributed by atoms with E-state index in [-0.39, 0.29) is 11.5 Å². The van der Waals surface area contributed by atoms with E-state index in [1.165, 1.54) is 6.20 Å². The first-order valence-electron chi connectivity index (χ1n) is 7.28. The van der Waals surface area contributed by atoms with Crippen LogP contribution in [0.5, 0.6) is 0 Å². The fourth-order valence-corrected chi connectivity index (χ4v) is 2.97. The molecule has 0 aromatic rings. The van der Waals surface area contributed by atoms with Crippen LogP contribution in [0.2, 0.25) is 0 Å². The predicted molar refractivity (Wildman–Crippen MR) is 76.9 cm³/mol. The number of rotatable bonds is 5. The third kappa shape index (κ3) is 3.95. The van der Waals surface area contributed by atoms with Gasteiger partial charge in [-0.05, 0) is 53.0 Å². The molecule has 1 unspecified atom stereocenters. The molecule has 6 heteroatoms. The first-order valence-corrected chi connectivity index (χ1v) is 7.28. The highest BCUT2D eigenvalue weighted by molar-refractivity contribution is 5.68. The number of carbonyl (C=O) groups excluding carboxylic acids is 1. The topological polar surface area (TPSA) is 64.8 Å². The number of alkyl halides is 1. The molecule has 3 aliphatic carbocycles. The molecule has 1 atom stereocenters. The lowest BCUT2D eigenvalue weighted by Gasteiger charge is -2.65. The SMILES string of the molecule is CC(/C=C\N(N)C(=O)OC(C)(C)C)OCC12CC(F)(C1)C2. The maximum atomic E-state index is 13.4. The molecule has 2 bridgehead atoms. The molecule has 1 amide bonds. The number of carbonyl (C=O) groups is 1. The molecule has 3 aliphatic rings. The Morgan fingerprint density at radius 2 is 2.00 bits per heavy atom. The van der Waals surface area contributed by atoms with Gasteiger partial charge in [0.1, 0.15) is 11.3 Å². The molecule has 21 heavy (non-hydrogen) atoms. The summed E-state index contributed by atoms with van der Waals surface area (Å²) in [6, 6.07) is 0. The Labute approximate surface area is 125 Å². The van der Waals surface area contributed by atoms with Gasteiger partial charge < -0.3 is 9.47 Å². The summed E-state index contributed by atoms with van der Waals surface area (Å²) in [6.07, 6.45) is 4.16. The second kappa shape index (κ2) is 5.25. The lowest BCUT2D eigenvalue weighted by molar-refractivity contribution is -0.240. The van der Waals surface area contributed by atoms with Gasteiger partial charge in [0.15, 0.2) is 0 Å². The number of hydrogen-bond donors (Lipinski definition) is 1. The van der Waals surface area contributed by atoms with Crippen LogP contribution in [0.25, 0.3) is 0 Å². The summed E-state index contributed by atoms with van der Waals surface area (Å²) in [7, 11) is 0. The number of ether oxygens (including phenoxy) is 2. The van der Waals surface area contributed by atoms with Crippen molar-refractivity contribution in [3.63, 3.8) is 0 Å². The van der Waals surface area contributed by atoms with Crippen molar-refractivity contribution >= 4 is 6.09 Å². The van der Waals surface area contributed by atoms with Crippen molar-refractivity contribution < 1.29 is 18.7 Å². The van der Waals surface area contributed by atoms with E-state index in [2.05, 4.69) is 0 Å². The minimum atomic E-state index is -0.896. The molecule has 3 fully saturated rings. The summed E-state index contributed by atoms with van der Waals surface area (Å²) in [5, 5.41) is 0.892. The predicted octanol–water partition coefficient (Wildman–Crippen LogP) is 2.91. The average molecular weight is 300 g/mol. The molecule has 0 aliphatic heterocycles. The Balaban J connectivity index is 1.69. The lowest BCUT2D eigenvalue weighted by atomic mass is 9.43. The smallest absolute Gasteiger partial charge is 0.428 e. The molecule has 0 heterocycles. The van der Waals surface area contributed by atoms with Gasteiger partial charge in [0, 0.05) is 11.6 Å². The quantitative estimate of drug-likeness (QED) is 0.482. The third-order valence-electron chi connectivity index (χ3n) is 3.85. The average Bonchev–Trinajstić information content (AvgIpc) is 2.26. The second-order valence-electron chi connectivity index (χ2n) is 7.43. The standard InChI is InChI=1S/C15H25FN2O3/c1-11(20-10-14-7-15(16,8-14)9-14)5-6-18(17)12(19)21-13(2,3)4/h5-6,11H,7-10,17H2,1-4H3/b6-5-. The van der Waals surface area contributed by atoms with E-state index in [1.54, 1.807) is 26.8 Å². The second-order valence-corrected chi connectivity index (χ2v) is 7.43. The molecule has 0 radical (unpaired) electrons. The van der Waals surface area contributed by atoms with E-state index in [0.717, 1.165) is 5.01 Å². The largest absolute Gasteiger partial charge is 0.443 e. The van der Waals surface area contributed by atoms with Crippen molar-refractivity contribution in [2.24, 2.45) is 11.3 Å². The molecule has 2 N–H and O–H groups in total. The molecule has 0 saturated heterocycles. The van der Waals surface area contributed by atoms with Crippen LogP contribution in [0.1, 0.15) is 47.0 Å². The van der Waals surface area contributed by atoms with E-state index in [4.69, 9.17) is 15.3 Å². The minimum Gasteiger partial charge on any atom is -0.443 e. The highest BCUT2D eigenvalue weighted by Gasteiger charge is 2.69. The van der Waals surface area contributed by atoms with Crippen LogP contribution in [0.3, 0.4) is 0 Å². The molecule has 120 valence electrons. The number of hydrogen-bond acceptors (Lipinski definition) is 4. The van der Waals surface area contributed by atoms with E-state index < -0.39 is 17.4 Å². The number of nitrogens with zero attached hydrogens (tertiary/aromatic N) is 1. The van der Waals surface area contributed by atoms with Crippen molar-refractivity contribution in [2.45, 2.75) is 64.3 Å². The summed E-state index contributed by atoms with van der Waals surface area (Å²) < 4.78 is 24.2. The molecular weight excluding hydrogens is 275 g/mol. The third-order valence-corrected chi connectivity index (χ3v) is 3.85. The zero-order valence-electron chi connectivity index (χ0n) is 13.2. The summed E-state index contributed by atoms with van der Waals surface area (Å²) in [5.41, 5.74) is -1.42. The molecule has 3 rings (SSSR count). The van der Waals surface area contributed by atoms with Gasteiger partial charge in [0.25, 0.3) is 0 Å². The molecule has 5 nitrogen and oxygen atoms in total. The van der Waals surface area contributed by atoms with Crippen molar-refractivity contribution in [1.82, 2.24) is 5.01 Å². The summed E-state index contributed by atoms with van der Waals surface area (Å²) in [4.78, 5) is 11.6. The van der Waals surface area contributed by atoms with Crippen LogP contribution < -0.4 is 5.84 Å². The first-order chi connectivity index (χ1) is 9.53. The van der Waals surface area contributed by atoms with E-state index >= 15 is 0 Å². The molecule has 0 aromatic carbocycles. The van der Waals surface area contributed by atoms with Crippen molar-refractivity contribution in [3.05, 3.63) is 12.3 Å². The van der Waals surface area contributed by atoms with Gasteiger partial charge in [-0.25, -0.2) is 20.0 Å². The Hall–Kier alpha value is -1.14. The lowest BCUT2D eigenvalue weighted by Crippen LogP contribution is -2.66. The van der Waals surface area contributed by atoms with Gasteiger partial charge in [0.2, 0.25) is 0 Å². The van der Waals surface area contributed by atoms with Gasteiger partial charge in [-0.1, -0.05) is 0 Å². The number of halogens is 1. The van der Waals surface area contributed by atoms with Crippen LogP contribution >= 0.6 is 0 Å². The Morgan fingerprint density at radius 3 is 2.48 bits per heavy atom. The van der Waals surface area contributed by atoms with Gasteiger partial charge in [-0.2, -0.15) is 0 Å². The van der Waals surface area contributed by atoms with Gasteiger partial charge >= 0.3 is 6.09 Å². The Morgan fingerprint density at radius 1 is 1.43 bits per heavy atom. The van der Waals surface area contributed by atoms with E-state index in [0.29, 0.717) is 25.9 Å². The van der Waals surface area contributed by atoms with Crippen LogP contribution in [0, 0.1) is 5.41 Å². The van der Waals surface area contributed by atoms with Crippen molar-refractivity contribution in [1.29, 1.82) is 0 Å². The molecule has 3 saturated carbocycles. The fourth-order valence-electron chi connectivity index (χ4n) is 2.97. The summed E-state index contributed by atoms with van der Waals surface area (Å²) in [6.45, 7) is 7.73. The normalized spacial score (nSPS) is 32.3. The van der Waals surface area contributed by atoms with Gasteiger partial charge in [-0.15, -0.1) is 0 Å². The number of hydrazine groups is 1. The van der Waals surface area contributed by atoms with Crippen LogP contribution in [0.15, 0.2) is 12.3 Å². The van der Waals surface area contributed by atoms with Crippen LogP contribution in [-0.4, -0.2) is 35.1 Å². The summed E-state index contributed by atoms with van der Waals surface area (Å²) >= 11 is 0. The molecule has 0 spiro atoms. The van der Waals surface area contributed by atoms with Crippen molar-refractivity contribution in [2.75, 3.05) is 6.61 Å². The van der Waals surface area contributed by atoms with Gasteiger partial charge in [-0.3, -0.25) is 0 Å². The van der Waals surface area contributed by atoms with E-state index in [1.807, 2.05) is 6.92 Å². The maximum absolute atomic E-state index is 13.4. The zero-order valence-corrected chi connectivity index (χ0v) is 13.2. The first kappa shape index (κ1) is 16.2. The Kier molecular flexibility index (Phi) is 4.06. The number of amides is 1.